The van der Waals surface area contributed by atoms with Crippen molar-refractivity contribution in [3.63, 3.8) is 0 Å². The van der Waals surface area contributed by atoms with Gasteiger partial charge in [0.25, 0.3) is 0 Å². The molecule has 1 fully saturated rings. The second-order valence-electron chi connectivity index (χ2n) is 5.34. The van der Waals surface area contributed by atoms with E-state index < -0.39 is 5.54 Å². The first-order chi connectivity index (χ1) is 9.18. The van der Waals surface area contributed by atoms with Crippen LogP contribution in [0.3, 0.4) is 0 Å². The lowest BCUT2D eigenvalue weighted by Crippen LogP contribution is -2.45. The fourth-order valence-electron chi connectivity index (χ4n) is 2.74. The number of nitriles is 1. The van der Waals surface area contributed by atoms with Crippen LogP contribution < -0.4 is 4.74 Å². The van der Waals surface area contributed by atoms with Crippen molar-refractivity contribution >= 4 is 0 Å². The molecule has 1 saturated heterocycles. The van der Waals surface area contributed by atoms with Crippen molar-refractivity contribution in [1.82, 2.24) is 4.90 Å². The summed E-state index contributed by atoms with van der Waals surface area (Å²) in [5.74, 6) is 0.890. The van der Waals surface area contributed by atoms with Gasteiger partial charge in [-0.3, -0.25) is 4.90 Å². The summed E-state index contributed by atoms with van der Waals surface area (Å²) in [7, 11) is 0. The molecule has 1 heterocycles. The predicted octanol–water partition coefficient (Wildman–Crippen LogP) is 3.01. The van der Waals surface area contributed by atoms with Crippen LogP contribution in [-0.2, 0) is 6.42 Å². The van der Waals surface area contributed by atoms with E-state index in [1.54, 1.807) is 0 Å². The lowest BCUT2D eigenvalue weighted by atomic mass is 9.92. The fourth-order valence-corrected chi connectivity index (χ4v) is 2.74. The molecule has 1 aliphatic rings. The first-order valence-corrected chi connectivity index (χ1v) is 7.06. The summed E-state index contributed by atoms with van der Waals surface area (Å²) in [6.45, 7) is 6.78. The molecule has 3 nitrogen and oxygen atoms in total. The molecule has 0 radical (unpaired) electrons. The van der Waals surface area contributed by atoms with Crippen LogP contribution in [-0.4, -0.2) is 30.1 Å². The van der Waals surface area contributed by atoms with E-state index >= 15 is 0 Å². The molecule has 102 valence electrons. The van der Waals surface area contributed by atoms with Crippen LogP contribution in [0.15, 0.2) is 24.3 Å². The summed E-state index contributed by atoms with van der Waals surface area (Å²) in [5.41, 5.74) is 0.767. The lowest BCUT2D eigenvalue weighted by Gasteiger charge is -2.32. The van der Waals surface area contributed by atoms with Gasteiger partial charge in [0.15, 0.2) is 0 Å². The molecule has 1 unspecified atom stereocenters. The Labute approximate surface area is 115 Å². The molecule has 1 aromatic rings. The number of rotatable bonds is 5. The standard InChI is InChI=1S/C16H22N2O/c1-3-19-15-8-6-7-14(11-15)12-16(2,13-17)18-9-4-5-10-18/h6-8,11H,3-5,9-10,12H2,1-2H3. The average Bonchev–Trinajstić information content (AvgIpc) is 2.94. The van der Waals surface area contributed by atoms with Crippen molar-refractivity contribution in [1.29, 1.82) is 5.26 Å². The first-order valence-electron chi connectivity index (χ1n) is 7.06. The molecular weight excluding hydrogens is 236 g/mol. The predicted molar refractivity (Wildman–Crippen MR) is 76.1 cm³/mol. The number of hydrogen-bond donors (Lipinski definition) is 0. The Hall–Kier alpha value is -1.53. The Kier molecular flexibility index (Phi) is 4.44. The van der Waals surface area contributed by atoms with E-state index in [0.717, 1.165) is 25.3 Å². The number of hydrogen-bond acceptors (Lipinski definition) is 3. The molecule has 2 rings (SSSR count). The maximum atomic E-state index is 9.56. The van der Waals surface area contributed by atoms with E-state index in [2.05, 4.69) is 23.1 Å². The van der Waals surface area contributed by atoms with Gasteiger partial charge in [-0.05, 0) is 57.5 Å². The van der Waals surface area contributed by atoms with Crippen molar-refractivity contribution in [2.24, 2.45) is 0 Å². The van der Waals surface area contributed by atoms with Crippen LogP contribution in [0.4, 0.5) is 0 Å². The minimum absolute atomic E-state index is 0.401. The maximum Gasteiger partial charge on any atom is 0.119 e. The smallest absolute Gasteiger partial charge is 0.119 e. The van der Waals surface area contributed by atoms with E-state index in [4.69, 9.17) is 4.74 Å². The van der Waals surface area contributed by atoms with Gasteiger partial charge >= 0.3 is 0 Å². The summed E-state index contributed by atoms with van der Waals surface area (Å²) in [4.78, 5) is 2.31. The van der Waals surface area contributed by atoms with Gasteiger partial charge in [0.1, 0.15) is 11.3 Å². The third kappa shape index (κ3) is 3.27. The highest BCUT2D eigenvalue weighted by atomic mass is 16.5. The molecule has 1 aliphatic heterocycles. The van der Waals surface area contributed by atoms with Crippen molar-refractivity contribution in [2.45, 2.75) is 38.6 Å². The van der Waals surface area contributed by atoms with E-state index in [0.29, 0.717) is 6.61 Å². The molecule has 0 N–H and O–H groups in total. The zero-order valence-corrected chi connectivity index (χ0v) is 11.9. The first kappa shape index (κ1) is 13.9. The van der Waals surface area contributed by atoms with Gasteiger partial charge in [-0.25, -0.2) is 0 Å². The van der Waals surface area contributed by atoms with Crippen LogP contribution in [0.25, 0.3) is 0 Å². The Morgan fingerprint density at radius 3 is 2.74 bits per heavy atom. The van der Waals surface area contributed by atoms with Gasteiger partial charge in [-0.1, -0.05) is 12.1 Å². The molecule has 19 heavy (non-hydrogen) atoms. The highest BCUT2D eigenvalue weighted by molar-refractivity contribution is 5.31. The van der Waals surface area contributed by atoms with Crippen molar-refractivity contribution in [3.05, 3.63) is 29.8 Å². The summed E-state index contributed by atoms with van der Waals surface area (Å²) in [5, 5.41) is 9.56. The van der Waals surface area contributed by atoms with E-state index in [-0.39, 0.29) is 0 Å². The monoisotopic (exact) mass is 258 g/mol. The molecular formula is C16H22N2O. The summed E-state index contributed by atoms with van der Waals surface area (Å²) >= 11 is 0. The molecule has 1 aromatic carbocycles. The number of nitrogens with zero attached hydrogens (tertiary/aromatic N) is 2. The van der Waals surface area contributed by atoms with Gasteiger partial charge in [0, 0.05) is 6.42 Å². The van der Waals surface area contributed by atoms with Crippen molar-refractivity contribution in [2.75, 3.05) is 19.7 Å². The summed E-state index contributed by atoms with van der Waals surface area (Å²) < 4.78 is 5.52. The Bertz CT molecular complexity index is 460. The van der Waals surface area contributed by atoms with E-state index in [9.17, 15) is 5.26 Å². The topological polar surface area (TPSA) is 36.3 Å². The molecule has 0 aliphatic carbocycles. The van der Waals surface area contributed by atoms with E-state index in [1.807, 2.05) is 26.0 Å². The normalized spacial score (nSPS) is 18.8. The van der Waals surface area contributed by atoms with Crippen LogP contribution >= 0.6 is 0 Å². The number of benzene rings is 1. The minimum Gasteiger partial charge on any atom is -0.494 e. The molecule has 0 amide bonds. The second-order valence-corrected chi connectivity index (χ2v) is 5.34. The van der Waals surface area contributed by atoms with Crippen LogP contribution in [0.2, 0.25) is 0 Å². The fraction of sp³-hybridized carbons (Fsp3) is 0.562. The molecule has 0 bridgehead atoms. The van der Waals surface area contributed by atoms with Crippen molar-refractivity contribution in [3.8, 4) is 11.8 Å². The highest BCUT2D eigenvalue weighted by Crippen LogP contribution is 2.26. The quantitative estimate of drug-likeness (QED) is 0.814. The minimum atomic E-state index is -0.401. The molecule has 0 aromatic heterocycles. The maximum absolute atomic E-state index is 9.56. The van der Waals surface area contributed by atoms with E-state index in [1.165, 1.54) is 18.4 Å². The number of likely N-dealkylation sites (tertiary alicyclic amines) is 1. The number of ether oxygens (including phenoxy) is 1. The lowest BCUT2D eigenvalue weighted by molar-refractivity contribution is 0.191. The third-order valence-corrected chi connectivity index (χ3v) is 3.80. The summed E-state index contributed by atoms with van der Waals surface area (Å²) in [6, 6.07) is 10.6. The Morgan fingerprint density at radius 1 is 1.37 bits per heavy atom. The Morgan fingerprint density at radius 2 is 2.11 bits per heavy atom. The average molecular weight is 258 g/mol. The molecule has 3 heteroatoms. The summed E-state index contributed by atoms with van der Waals surface area (Å²) in [6.07, 6.45) is 3.16. The zero-order valence-electron chi connectivity index (χ0n) is 11.9. The van der Waals surface area contributed by atoms with Gasteiger partial charge in [0.2, 0.25) is 0 Å². The van der Waals surface area contributed by atoms with Gasteiger partial charge in [0.05, 0.1) is 12.7 Å². The van der Waals surface area contributed by atoms with Gasteiger partial charge < -0.3 is 4.74 Å². The van der Waals surface area contributed by atoms with Crippen LogP contribution in [0.5, 0.6) is 5.75 Å². The molecule has 1 atom stereocenters. The molecule has 0 saturated carbocycles. The SMILES string of the molecule is CCOc1cccc(CC(C)(C#N)N2CCCC2)c1. The largest absolute Gasteiger partial charge is 0.494 e. The highest BCUT2D eigenvalue weighted by Gasteiger charge is 2.33. The third-order valence-electron chi connectivity index (χ3n) is 3.80. The second kappa shape index (κ2) is 6.08. The van der Waals surface area contributed by atoms with Crippen molar-refractivity contribution < 1.29 is 4.74 Å². The van der Waals surface area contributed by atoms with Gasteiger partial charge in [-0.2, -0.15) is 5.26 Å². The van der Waals surface area contributed by atoms with Crippen LogP contribution in [0, 0.1) is 11.3 Å². The molecule has 0 spiro atoms. The van der Waals surface area contributed by atoms with Crippen LogP contribution in [0.1, 0.15) is 32.3 Å². The Balaban J connectivity index is 2.13. The zero-order chi connectivity index (χ0) is 13.7. The van der Waals surface area contributed by atoms with Gasteiger partial charge in [-0.15, -0.1) is 0 Å².